The van der Waals surface area contributed by atoms with Gasteiger partial charge in [0.05, 0.1) is 7.11 Å². The Balaban J connectivity index is 3.09. The van der Waals surface area contributed by atoms with Crippen molar-refractivity contribution in [2.24, 2.45) is 0 Å². The van der Waals surface area contributed by atoms with E-state index in [-0.39, 0.29) is 5.41 Å². The smallest absolute Gasteiger partial charge is 0.122 e. The quantitative estimate of drug-likeness (QED) is 0.846. The largest absolute Gasteiger partial charge is 0.496 e. The van der Waals surface area contributed by atoms with Crippen LogP contribution in [-0.2, 0) is 5.41 Å². The first-order valence-corrected chi connectivity index (χ1v) is 6.22. The van der Waals surface area contributed by atoms with Gasteiger partial charge in [0.2, 0.25) is 0 Å². The lowest BCUT2D eigenvalue weighted by Gasteiger charge is -2.28. The van der Waals surface area contributed by atoms with Crippen LogP contribution in [0.5, 0.6) is 5.75 Å². The Morgan fingerprint density at radius 3 is 2.35 bits per heavy atom. The van der Waals surface area contributed by atoms with Crippen LogP contribution in [0.3, 0.4) is 0 Å². The van der Waals surface area contributed by atoms with E-state index in [1.807, 2.05) is 7.05 Å². The maximum Gasteiger partial charge on any atom is 0.122 e. The van der Waals surface area contributed by atoms with E-state index in [2.05, 4.69) is 45.1 Å². The highest BCUT2D eigenvalue weighted by atomic mass is 16.5. The Morgan fingerprint density at radius 1 is 1.18 bits per heavy atom. The van der Waals surface area contributed by atoms with Crippen molar-refractivity contribution >= 4 is 0 Å². The van der Waals surface area contributed by atoms with Crippen molar-refractivity contribution in [1.29, 1.82) is 0 Å². The van der Waals surface area contributed by atoms with Crippen LogP contribution in [0.4, 0.5) is 0 Å². The average molecular weight is 235 g/mol. The molecule has 0 radical (unpaired) electrons. The van der Waals surface area contributed by atoms with Gasteiger partial charge in [0.1, 0.15) is 5.75 Å². The SMILES string of the molecule is CNCCC(C)(C)c1cc(C)c(OC)cc1C. The Morgan fingerprint density at radius 2 is 1.82 bits per heavy atom. The second-order valence-corrected chi connectivity index (χ2v) is 5.37. The average Bonchev–Trinajstić information content (AvgIpc) is 2.28. The van der Waals surface area contributed by atoms with Crippen LogP contribution in [0.2, 0.25) is 0 Å². The zero-order valence-corrected chi connectivity index (χ0v) is 12.0. The predicted octanol–water partition coefficient (Wildman–Crippen LogP) is 3.20. The summed E-state index contributed by atoms with van der Waals surface area (Å²) in [6.07, 6.45) is 1.14. The minimum Gasteiger partial charge on any atom is -0.496 e. The number of hydrogen-bond acceptors (Lipinski definition) is 2. The van der Waals surface area contributed by atoms with Crippen molar-refractivity contribution in [2.75, 3.05) is 20.7 Å². The summed E-state index contributed by atoms with van der Waals surface area (Å²) in [7, 11) is 3.73. The first-order chi connectivity index (χ1) is 7.92. The predicted molar refractivity (Wildman–Crippen MR) is 74.0 cm³/mol. The Hall–Kier alpha value is -1.02. The first-order valence-electron chi connectivity index (χ1n) is 6.22. The van der Waals surface area contributed by atoms with Crippen molar-refractivity contribution in [2.45, 2.75) is 39.5 Å². The molecule has 0 aliphatic carbocycles. The van der Waals surface area contributed by atoms with Crippen molar-refractivity contribution in [3.63, 3.8) is 0 Å². The number of hydrogen-bond donors (Lipinski definition) is 1. The molecule has 0 amide bonds. The van der Waals surface area contributed by atoms with Gasteiger partial charge in [-0.3, -0.25) is 0 Å². The highest BCUT2D eigenvalue weighted by molar-refractivity contribution is 5.44. The lowest BCUT2D eigenvalue weighted by atomic mass is 9.78. The van der Waals surface area contributed by atoms with Gasteiger partial charge in [-0.15, -0.1) is 0 Å². The maximum absolute atomic E-state index is 5.36. The summed E-state index contributed by atoms with van der Waals surface area (Å²) >= 11 is 0. The van der Waals surface area contributed by atoms with E-state index in [1.165, 1.54) is 16.7 Å². The monoisotopic (exact) mass is 235 g/mol. The number of benzene rings is 1. The van der Waals surface area contributed by atoms with E-state index >= 15 is 0 Å². The lowest BCUT2D eigenvalue weighted by molar-refractivity contribution is 0.409. The van der Waals surface area contributed by atoms with E-state index in [4.69, 9.17) is 4.74 Å². The summed E-state index contributed by atoms with van der Waals surface area (Å²) in [5, 5.41) is 3.23. The highest BCUT2D eigenvalue weighted by Crippen LogP contribution is 2.33. The van der Waals surface area contributed by atoms with Crippen LogP contribution in [0.1, 0.15) is 37.0 Å². The van der Waals surface area contributed by atoms with Crippen LogP contribution < -0.4 is 10.1 Å². The molecular formula is C15H25NO. The Bertz CT molecular complexity index is 383. The molecule has 1 N–H and O–H groups in total. The molecule has 0 saturated heterocycles. The highest BCUT2D eigenvalue weighted by Gasteiger charge is 2.22. The zero-order valence-electron chi connectivity index (χ0n) is 12.0. The van der Waals surface area contributed by atoms with Gasteiger partial charge in [0, 0.05) is 0 Å². The minimum absolute atomic E-state index is 0.199. The molecule has 0 heterocycles. The summed E-state index contributed by atoms with van der Waals surface area (Å²) in [4.78, 5) is 0. The van der Waals surface area contributed by atoms with E-state index in [0.717, 1.165) is 18.7 Å². The zero-order chi connectivity index (χ0) is 13.1. The van der Waals surface area contributed by atoms with E-state index in [0.29, 0.717) is 0 Å². The van der Waals surface area contributed by atoms with Crippen LogP contribution in [0, 0.1) is 13.8 Å². The van der Waals surface area contributed by atoms with Gasteiger partial charge in [-0.25, -0.2) is 0 Å². The fourth-order valence-electron chi connectivity index (χ4n) is 2.31. The molecule has 1 aromatic rings. The molecule has 0 bridgehead atoms. The standard InChI is InChI=1S/C15H25NO/c1-11-10-14(17-6)12(2)9-13(11)15(3,4)7-8-16-5/h9-10,16H,7-8H2,1-6H3. The van der Waals surface area contributed by atoms with Gasteiger partial charge < -0.3 is 10.1 Å². The number of methoxy groups -OCH3 is 1. The van der Waals surface area contributed by atoms with E-state index in [9.17, 15) is 0 Å². The number of nitrogens with one attached hydrogen (secondary N) is 1. The third-order valence-corrected chi connectivity index (χ3v) is 3.47. The van der Waals surface area contributed by atoms with Gasteiger partial charge >= 0.3 is 0 Å². The molecule has 1 aromatic carbocycles. The molecule has 0 unspecified atom stereocenters. The molecule has 0 saturated carbocycles. The Kier molecular flexibility index (Phi) is 4.58. The number of rotatable bonds is 5. The van der Waals surface area contributed by atoms with Gasteiger partial charge in [0.25, 0.3) is 0 Å². The summed E-state index contributed by atoms with van der Waals surface area (Å²) in [6, 6.07) is 4.41. The van der Waals surface area contributed by atoms with Crippen LogP contribution in [0.25, 0.3) is 0 Å². The fraction of sp³-hybridized carbons (Fsp3) is 0.600. The molecule has 0 spiro atoms. The van der Waals surface area contributed by atoms with Gasteiger partial charge in [0.15, 0.2) is 0 Å². The van der Waals surface area contributed by atoms with Crippen molar-refractivity contribution < 1.29 is 4.74 Å². The number of ether oxygens (including phenoxy) is 1. The third kappa shape index (κ3) is 3.22. The molecule has 0 aliphatic heterocycles. The first kappa shape index (κ1) is 14.0. The fourth-order valence-corrected chi connectivity index (χ4v) is 2.31. The summed E-state index contributed by atoms with van der Waals surface area (Å²) in [5.74, 6) is 0.982. The molecule has 17 heavy (non-hydrogen) atoms. The molecule has 0 fully saturated rings. The Labute approximate surface area is 105 Å². The van der Waals surface area contributed by atoms with Crippen LogP contribution in [0.15, 0.2) is 12.1 Å². The second-order valence-electron chi connectivity index (χ2n) is 5.37. The van der Waals surface area contributed by atoms with Crippen molar-refractivity contribution in [3.05, 3.63) is 28.8 Å². The minimum atomic E-state index is 0.199. The van der Waals surface area contributed by atoms with E-state index in [1.54, 1.807) is 7.11 Å². The van der Waals surface area contributed by atoms with Crippen molar-refractivity contribution in [3.8, 4) is 5.75 Å². The topological polar surface area (TPSA) is 21.3 Å². The van der Waals surface area contributed by atoms with Crippen LogP contribution in [-0.4, -0.2) is 20.7 Å². The maximum atomic E-state index is 5.36. The summed E-state index contributed by atoms with van der Waals surface area (Å²) < 4.78 is 5.36. The second kappa shape index (κ2) is 5.54. The van der Waals surface area contributed by atoms with Crippen molar-refractivity contribution in [1.82, 2.24) is 5.32 Å². The summed E-state index contributed by atoms with van der Waals surface area (Å²) in [6.45, 7) is 9.92. The molecule has 0 aromatic heterocycles. The molecule has 0 aliphatic rings. The normalized spacial score (nSPS) is 11.6. The van der Waals surface area contributed by atoms with Gasteiger partial charge in [-0.2, -0.15) is 0 Å². The molecule has 0 atom stereocenters. The molecule has 96 valence electrons. The molecule has 2 heteroatoms. The number of aryl methyl sites for hydroxylation is 2. The third-order valence-electron chi connectivity index (χ3n) is 3.47. The lowest BCUT2D eigenvalue weighted by Crippen LogP contribution is -2.24. The molecule has 1 rings (SSSR count). The van der Waals surface area contributed by atoms with E-state index < -0.39 is 0 Å². The molecule has 2 nitrogen and oxygen atoms in total. The summed E-state index contributed by atoms with van der Waals surface area (Å²) in [5.41, 5.74) is 4.15. The van der Waals surface area contributed by atoms with Gasteiger partial charge in [-0.1, -0.05) is 19.9 Å². The van der Waals surface area contributed by atoms with Gasteiger partial charge in [-0.05, 0) is 62.0 Å². The van der Waals surface area contributed by atoms with Crippen LogP contribution >= 0.6 is 0 Å². The molecular weight excluding hydrogens is 210 g/mol.